The highest BCUT2D eigenvalue weighted by Crippen LogP contribution is 2.38. The first-order valence-corrected chi connectivity index (χ1v) is 7.09. The topological polar surface area (TPSA) is 46.5 Å². The molecule has 0 amide bonds. The summed E-state index contributed by atoms with van der Waals surface area (Å²) in [4.78, 5) is 11.0. The van der Waals surface area contributed by atoms with Gasteiger partial charge >= 0.3 is 5.97 Å². The van der Waals surface area contributed by atoms with Gasteiger partial charge in [0.15, 0.2) is 0 Å². The fourth-order valence-corrected chi connectivity index (χ4v) is 2.65. The normalized spacial score (nSPS) is 10.5. The third kappa shape index (κ3) is 3.62. The predicted octanol–water partition coefficient (Wildman–Crippen LogP) is 4.95. The van der Waals surface area contributed by atoms with Crippen molar-refractivity contribution >= 4 is 40.8 Å². The standard InChI is InChI=1S/C15H11Cl3O3/c1-21-14-7-13(18)10(4-8(14)5-15(19)20)11-6-9(16)2-3-12(11)17/h2-4,6-7H,5H2,1H3,(H,19,20). The van der Waals surface area contributed by atoms with Crippen molar-refractivity contribution in [2.75, 3.05) is 7.11 Å². The molecule has 0 aliphatic rings. The van der Waals surface area contributed by atoms with E-state index in [0.717, 1.165) is 0 Å². The summed E-state index contributed by atoms with van der Waals surface area (Å²) in [6.07, 6.45) is -0.175. The van der Waals surface area contributed by atoms with Crippen LogP contribution in [0, 0.1) is 0 Å². The number of rotatable bonds is 4. The first-order chi connectivity index (χ1) is 9.92. The minimum Gasteiger partial charge on any atom is -0.496 e. The van der Waals surface area contributed by atoms with Crippen molar-refractivity contribution in [3.05, 3.63) is 51.0 Å². The smallest absolute Gasteiger partial charge is 0.307 e. The van der Waals surface area contributed by atoms with Gasteiger partial charge in [-0.1, -0.05) is 34.8 Å². The zero-order chi connectivity index (χ0) is 15.6. The second kappa shape index (κ2) is 6.56. The number of benzene rings is 2. The van der Waals surface area contributed by atoms with Gasteiger partial charge in [-0.25, -0.2) is 0 Å². The van der Waals surface area contributed by atoms with Gasteiger partial charge in [0.25, 0.3) is 0 Å². The van der Waals surface area contributed by atoms with E-state index in [2.05, 4.69) is 0 Å². The lowest BCUT2D eigenvalue weighted by molar-refractivity contribution is -0.136. The zero-order valence-electron chi connectivity index (χ0n) is 11.0. The molecule has 0 aliphatic carbocycles. The monoisotopic (exact) mass is 344 g/mol. The van der Waals surface area contributed by atoms with Crippen LogP contribution in [0.25, 0.3) is 11.1 Å². The number of carboxylic acid groups (broad SMARTS) is 1. The van der Waals surface area contributed by atoms with E-state index in [1.165, 1.54) is 7.11 Å². The Kier molecular flexibility index (Phi) is 4.99. The van der Waals surface area contributed by atoms with Crippen molar-refractivity contribution in [2.24, 2.45) is 0 Å². The Hall–Kier alpha value is -1.42. The minimum atomic E-state index is -0.959. The Bertz CT molecular complexity index is 699. The average Bonchev–Trinajstić information content (AvgIpc) is 2.42. The molecule has 6 heteroatoms. The molecule has 110 valence electrons. The van der Waals surface area contributed by atoms with Gasteiger partial charge < -0.3 is 9.84 Å². The van der Waals surface area contributed by atoms with Crippen molar-refractivity contribution in [1.29, 1.82) is 0 Å². The molecule has 0 saturated carbocycles. The highest BCUT2D eigenvalue weighted by molar-refractivity contribution is 6.37. The van der Waals surface area contributed by atoms with E-state index in [9.17, 15) is 4.79 Å². The Morgan fingerprint density at radius 1 is 1.10 bits per heavy atom. The van der Waals surface area contributed by atoms with E-state index in [1.54, 1.807) is 30.3 Å². The van der Waals surface area contributed by atoms with Crippen LogP contribution < -0.4 is 4.74 Å². The van der Waals surface area contributed by atoms with E-state index < -0.39 is 5.97 Å². The fourth-order valence-electron chi connectivity index (χ4n) is 2.00. The summed E-state index contributed by atoms with van der Waals surface area (Å²) in [7, 11) is 1.46. The lowest BCUT2D eigenvalue weighted by Crippen LogP contribution is -2.03. The Morgan fingerprint density at radius 3 is 2.38 bits per heavy atom. The predicted molar refractivity (Wildman–Crippen MR) is 84.8 cm³/mol. The number of hydrogen-bond donors (Lipinski definition) is 1. The third-order valence-electron chi connectivity index (χ3n) is 2.93. The molecular weight excluding hydrogens is 335 g/mol. The van der Waals surface area contributed by atoms with Gasteiger partial charge in [0, 0.05) is 26.7 Å². The summed E-state index contributed by atoms with van der Waals surface area (Å²) in [5.74, 6) is -0.539. The van der Waals surface area contributed by atoms with Gasteiger partial charge in [-0.05, 0) is 30.3 Å². The molecule has 0 bridgehead atoms. The molecule has 0 spiro atoms. The molecule has 0 saturated heterocycles. The SMILES string of the molecule is COc1cc(Cl)c(-c2cc(Cl)ccc2Cl)cc1CC(=O)O. The van der Waals surface area contributed by atoms with Crippen LogP contribution >= 0.6 is 34.8 Å². The van der Waals surface area contributed by atoms with Crippen molar-refractivity contribution in [1.82, 2.24) is 0 Å². The summed E-state index contributed by atoms with van der Waals surface area (Å²) in [5, 5.41) is 10.4. The molecule has 3 nitrogen and oxygen atoms in total. The Balaban J connectivity index is 2.63. The van der Waals surface area contributed by atoms with Crippen molar-refractivity contribution in [3.63, 3.8) is 0 Å². The van der Waals surface area contributed by atoms with Crippen LogP contribution in [0.4, 0.5) is 0 Å². The molecule has 0 radical (unpaired) electrons. The molecule has 0 heterocycles. The molecule has 0 fully saturated rings. The molecule has 2 aromatic carbocycles. The van der Waals surface area contributed by atoms with E-state index in [-0.39, 0.29) is 6.42 Å². The van der Waals surface area contributed by atoms with Crippen molar-refractivity contribution in [3.8, 4) is 16.9 Å². The van der Waals surface area contributed by atoms with E-state index in [0.29, 0.717) is 37.5 Å². The molecule has 2 aromatic rings. The number of methoxy groups -OCH3 is 1. The summed E-state index contributed by atoms with van der Waals surface area (Å²) >= 11 is 18.4. The number of ether oxygens (including phenoxy) is 1. The maximum Gasteiger partial charge on any atom is 0.307 e. The van der Waals surface area contributed by atoms with Gasteiger partial charge in [-0.2, -0.15) is 0 Å². The maximum absolute atomic E-state index is 11.0. The molecule has 0 unspecified atom stereocenters. The molecule has 0 aromatic heterocycles. The summed E-state index contributed by atoms with van der Waals surface area (Å²) in [6.45, 7) is 0. The molecule has 21 heavy (non-hydrogen) atoms. The molecule has 0 aliphatic heterocycles. The average molecular weight is 346 g/mol. The minimum absolute atomic E-state index is 0.175. The number of halogens is 3. The lowest BCUT2D eigenvalue weighted by Gasteiger charge is -2.13. The van der Waals surface area contributed by atoms with Crippen LogP contribution in [0.5, 0.6) is 5.75 Å². The van der Waals surface area contributed by atoms with E-state index in [1.807, 2.05) is 0 Å². The highest BCUT2D eigenvalue weighted by atomic mass is 35.5. The molecular formula is C15H11Cl3O3. The van der Waals surface area contributed by atoms with Gasteiger partial charge in [0.1, 0.15) is 5.75 Å². The lowest BCUT2D eigenvalue weighted by atomic mass is 10.0. The number of carbonyl (C=O) groups is 1. The van der Waals surface area contributed by atoms with Gasteiger partial charge in [0.05, 0.1) is 18.6 Å². The first-order valence-electron chi connectivity index (χ1n) is 5.96. The van der Waals surface area contributed by atoms with Crippen molar-refractivity contribution < 1.29 is 14.6 Å². The first kappa shape index (κ1) is 16.0. The molecule has 2 rings (SSSR count). The largest absolute Gasteiger partial charge is 0.496 e. The number of hydrogen-bond acceptors (Lipinski definition) is 2. The second-order valence-electron chi connectivity index (χ2n) is 4.34. The summed E-state index contributed by atoms with van der Waals surface area (Å²) < 4.78 is 5.17. The van der Waals surface area contributed by atoms with Gasteiger partial charge in [0.2, 0.25) is 0 Å². The Morgan fingerprint density at radius 2 is 1.76 bits per heavy atom. The maximum atomic E-state index is 11.0. The van der Waals surface area contributed by atoms with Crippen LogP contribution in [0.3, 0.4) is 0 Å². The van der Waals surface area contributed by atoms with Crippen molar-refractivity contribution in [2.45, 2.75) is 6.42 Å². The van der Waals surface area contributed by atoms with E-state index in [4.69, 9.17) is 44.6 Å². The third-order valence-corrected chi connectivity index (χ3v) is 3.81. The van der Waals surface area contributed by atoms with E-state index >= 15 is 0 Å². The summed E-state index contributed by atoms with van der Waals surface area (Å²) in [5.41, 5.74) is 1.77. The molecule has 0 atom stereocenters. The number of carboxylic acids is 1. The van der Waals surface area contributed by atoms with Crippen LogP contribution in [-0.4, -0.2) is 18.2 Å². The molecule has 1 N–H and O–H groups in total. The van der Waals surface area contributed by atoms with Crippen LogP contribution in [0.1, 0.15) is 5.56 Å². The van der Waals surface area contributed by atoms with Gasteiger partial charge in [-0.15, -0.1) is 0 Å². The quantitative estimate of drug-likeness (QED) is 0.853. The fraction of sp³-hybridized carbons (Fsp3) is 0.133. The zero-order valence-corrected chi connectivity index (χ0v) is 13.3. The number of aliphatic carboxylic acids is 1. The summed E-state index contributed by atoms with van der Waals surface area (Å²) in [6, 6.07) is 8.25. The highest BCUT2D eigenvalue weighted by Gasteiger charge is 2.15. The second-order valence-corrected chi connectivity index (χ2v) is 5.59. The van der Waals surface area contributed by atoms with Gasteiger partial charge in [-0.3, -0.25) is 4.79 Å². The van der Waals surface area contributed by atoms with Crippen LogP contribution in [0.2, 0.25) is 15.1 Å². The Labute approximate surface area is 137 Å². The van der Waals surface area contributed by atoms with Crippen LogP contribution in [-0.2, 0) is 11.2 Å². The van der Waals surface area contributed by atoms with Crippen LogP contribution in [0.15, 0.2) is 30.3 Å².